The number of hydrogen-bond acceptors (Lipinski definition) is 5. The molecule has 2 fully saturated rings. The van der Waals surface area contributed by atoms with E-state index in [0.717, 1.165) is 18.4 Å². The lowest BCUT2D eigenvalue weighted by Crippen LogP contribution is -2.36. The molecular formula is C17H16Cl2N4O2. The first-order chi connectivity index (χ1) is 12.0. The predicted octanol–water partition coefficient (Wildman–Crippen LogP) is 3.27. The number of benzene rings is 1. The number of nitrogens with two attached hydrogens (primary N) is 1. The number of carbonyl (C=O) groups is 1. The van der Waals surface area contributed by atoms with Crippen LogP contribution in [-0.2, 0) is 9.53 Å². The molecule has 1 amide bonds. The van der Waals surface area contributed by atoms with Gasteiger partial charge >= 0.3 is 0 Å². The predicted molar refractivity (Wildman–Crippen MR) is 95.7 cm³/mol. The monoisotopic (exact) mass is 378 g/mol. The van der Waals surface area contributed by atoms with E-state index in [1.54, 1.807) is 30.6 Å². The van der Waals surface area contributed by atoms with Gasteiger partial charge in [-0.25, -0.2) is 9.97 Å². The van der Waals surface area contributed by atoms with Crippen molar-refractivity contribution in [3.8, 4) is 0 Å². The first-order valence-corrected chi connectivity index (χ1v) is 8.77. The van der Waals surface area contributed by atoms with Crippen LogP contribution in [0.5, 0.6) is 0 Å². The Kier molecular flexibility index (Phi) is 4.27. The van der Waals surface area contributed by atoms with Gasteiger partial charge in [0.05, 0.1) is 28.2 Å². The number of anilines is 2. The highest BCUT2D eigenvalue weighted by atomic mass is 35.5. The Morgan fingerprint density at radius 2 is 1.88 bits per heavy atom. The maximum absolute atomic E-state index is 12.9. The van der Waals surface area contributed by atoms with Crippen LogP contribution in [0.1, 0.15) is 24.3 Å². The summed E-state index contributed by atoms with van der Waals surface area (Å²) in [5.41, 5.74) is 7.05. The third-order valence-corrected chi connectivity index (χ3v) is 5.58. The zero-order chi connectivity index (χ0) is 17.6. The summed E-state index contributed by atoms with van der Waals surface area (Å²) in [6, 6.07) is 5.01. The van der Waals surface area contributed by atoms with Crippen LogP contribution in [0.3, 0.4) is 0 Å². The highest BCUT2D eigenvalue weighted by molar-refractivity contribution is 6.42. The minimum Gasteiger partial charge on any atom is -0.373 e. The minimum absolute atomic E-state index is 0.00165. The molecule has 0 saturated carbocycles. The van der Waals surface area contributed by atoms with Crippen molar-refractivity contribution in [1.82, 2.24) is 9.97 Å². The van der Waals surface area contributed by atoms with E-state index < -0.39 is 0 Å². The van der Waals surface area contributed by atoms with Gasteiger partial charge < -0.3 is 15.8 Å². The number of nitrogens with one attached hydrogen (secondary N) is 1. The Morgan fingerprint density at radius 3 is 2.60 bits per heavy atom. The first-order valence-electron chi connectivity index (χ1n) is 8.02. The Hall–Kier alpha value is -1.89. The molecule has 1 aromatic carbocycles. The maximum Gasteiger partial charge on any atom is 0.230 e. The smallest absolute Gasteiger partial charge is 0.230 e. The summed E-state index contributed by atoms with van der Waals surface area (Å²) < 4.78 is 5.99. The van der Waals surface area contributed by atoms with Crippen LogP contribution in [-0.4, -0.2) is 28.1 Å². The molecule has 130 valence electrons. The number of hydrogen-bond donors (Lipinski definition) is 2. The molecule has 0 aliphatic carbocycles. The molecule has 4 rings (SSSR count). The number of aromatic nitrogens is 2. The molecule has 8 heteroatoms. The first kappa shape index (κ1) is 16.6. The van der Waals surface area contributed by atoms with Gasteiger partial charge in [-0.05, 0) is 36.6 Å². The highest BCUT2D eigenvalue weighted by Gasteiger charge is 2.53. The van der Waals surface area contributed by atoms with Gasteiger partial charge in [-0.3, -0.25) is 4.79 Å². The summed E-state index contributed by atoms with van der Waals surface area (Å²) in [6.07, 6.45) is 5.05. The van der Waals surface area contributed by atoms with Crippen molar-refractivity contribution in [3.63, 3.8) is 0 Å². The van der Waals surface area contributed by atoms with Crippen LogP contribution < -0.4 is 11.1 Å². The number of fused-ring (bicyclic) bond motifs is 2. The number of nitrogen functional groups attached to an aromatic ring is 1. The van der Waals surface area contributed by atoms with Crippen molar-refractivity contribution >= 4 is 40.7 Å². The van der Waals surface area contributed by atoms with Gasteiger partial charge in [0.15, 0.2) is 0 Å². The van der Waals surface area contributed by atoms with Gasteiger partial charge in [0.1, 0.15) is 0 Å². The number of carbonyl (C=O) groups excluding carboxylic acids is 1. The van der Waals surface area contributed by atoms with Crippen molar-refractivity contribution in [2.24, 2.45) is 5.92 Å². The van der Waals surface area contributed by atoms with Crippen LogP contribution in [0.4, 0.5) is 11.6 Å². The van der Waals surface area contributed by atoms with Gasteiger partial charge in [-0.15, -0.1) is 0 Å². The number of halogens is 2. The summed E-state index contributed by atoms with van der Waals surface area (Å²) in [5, 5.41) is 3.76. The molecule has 3 N–H and O–H groups in total. The van der Waals surface area contributed by atoms with Crippen LogP contribution >= 0.6 is 23.2 Å². The molecule has 2 saturated heterocycles. The maximum atomic E-state index is 12.9. The fraction of sp³-hybridized carbons (Fsp3) is 0.353. The van der Waals surface area contributed by atoms with E-state index in [2.05, 4.69) is 15.3 Å². The van der Waals surface area contributed by atoms with E-state index in [4.69, 9.17) is 33.7 Å². The lowest BCUT2D eigenvalue weighted by Gasteiger charge is -2.27. The van der Waals surface area contributed by atoms with E-state index in [1.165, 1.54) is 0 Å². The van der Waals surface area contributed by atoms with Gasteiger partial charge in [0.2, 0.25) is 11.9 Å². The van der Waals surface area contributed by atoms with Gasteiger partial charge in [0, 0.05) is 24.0 Å². The second kappa shape index (κ2) is 6.44. The number of nitrogens with zero attached hydrogens (tertiary/aromatic N) is 2. The molecule has 0 unspecified atom stereocenters. The van der Waals surface area contributed by atoms with Crippen LogP contribution in [0.15, 0.2) is 30.6 Å². The van der Waals surface area contributed by atoms with E-state index in [-0.39, 0.29) is 35.9 Å². The number of ether oxygens (including phenoxy) is 1. The molecule has 0 spiro atoms. The van der Waals surface area contributed by atoms with E-state index >= 15 is 0 Å². The average Bonchev–Trinajstić information content (AvgIpc) is 3.20. The summed E-state index contributed by atoms with van der Waals surface area (Å²) in [7, 11) is 0. The van der Waals surface area contributed by atoms with Crippen LogP contribution in [0, 0.1) is 5.92 Å². The number of rotatable bonds is 3. The standard InChI is InChI=1S/C17H16Cl2N4O2/c18-10-2-1-9(5-11(10)19)23-16(24)15-13-4-3-12(25-13)14(15)8-6-21-17(20)22-7-8/h1-2,5-7,12-15H,3-4H2,(H,23,24)(H2,20,21,22)/t12-,13+,14-,15-/m0/s1. The quantitative estimate of drug-likeness (QED) is 0.854. The van der Waals surface area contributed by atoms with Gasteiger partial charge in [0.25, 0.3) is 0 Å². The zero-order valence-corrected chi connectivity index (χ0v) is 14.7. The van der Waals surface area contributed by atoms with Gasteiger partial charge in [-0.1, -0.05) is 23.2 Å². The molecule has 3 heterocycles. The van der Waals surface area contributed by atoms with Crippen molar-refractivity contribution < 1.29 is 9.53 Å². The Morgan fingerprint density at radius 1 is 1.16 bits per heavy atom. The molecule has 25 heavy (non-hydrogen) atoms. The Bertz CT molecular complexity index is 815. The lowest BCUT2D eigenvalue weighted by molar-refractivity contribution is -0.121. The van der Waals surface area contributed by atoms with E-state index in [1.807, 2.05) is 0 Å². The summed E-state index contributed by atoms with van der Waals surface area (Å²) in [4.78, 5) is 21.0. The molecular weight excluding hydrogens is 363 g/mol. The molecule has 6 nitrogen and oxygen atoms in total. The van der Waals surface area contributed by atoms with E-state index in [0.29, 0.717) is 15.7 Å². The zero-order valence-electron chi connectivity index (χ0n) is 13.2. The Balaban J connectivity index is 1.59. The summed E-state index contributed by atoms with van der Waals surface area (Å²) in [6.45, 7) is 0. The molecule has 0 radical (unpaired) electrons. The lowest BCUT2D eigenvalue weighted by atomic mass is 9.75. The summed E-state index contributed by atoms with van der Waals surface area (Å²) in [5.74, 6) is -0.278. The minimum atomic E-state index is -0.305. The highest BCUT2D eigenvalue weighted by Crippen LogP contribution is 2.49. The molecule has 2 aliphatic rings. The fourth-order valence-electron chi connectivity index (χ4n) is 3.75. The van der Waals surface area contributed by atoms with Crippen molar-refractivity contribution in [2.75, 3.05) is 11.1 Å². The second-order valence-corrected chi connectivity index (χ2v) is 7.15. The SMILES string of the molecule is Nc1ncc([C@@H]2[C@@H](C(=O)Nc3ccc(Cl)c(Cl)c3)[C@H]3CC[C@@H]2O3)cn1. The second-order valence-electron chi connectivity index (χ2n) is 6.33. The van der Waals surface area contributed by atoms with Crippen LogP contribution in [0.25, 0.3) is 0 Å². The van der Waals surface area contributed by atoms with E-state index in [9.17, 15) is 4.79 Å². The van der Waals surface area contributed by atoms with Crippen molar-refractivity contribution in [1.29, 1.82) is 0 Å². The fourth-order valence-corrected chi connectivity index (χ4v) is 4.05. The topological polar surface area (TPSA) is 90.1 Å². The third-order valence-electron chi connectivity index (χ3n) is 4.84. The summed E-state index contributed by atoms with van der Waals surface area (Å²) >= 11 is 11.9. The van der Waals surface area contributed by atoms with Crippen molar-refractivity contribution in [2.45, 2.75) is 31.0 Å². The van der Waals surface area contributed by atoms with Gasteiger partial charge in [-0.2, -0.15) is 0 Å². The van der Waals surface area contributed by atoms with Crippen LogP contribution in [0.2, 0.25) is 10.0 Å². The molecule has 2 aliphatic heterocycles. The molecule has 1 aromatic heterocycles. The Labute approximate surface area is 154 Å². The third kappa shape index (κ3) is 3.05. The normalized spacial score (nSPS) is 27.4. The molecule has 2 bridgehead atoms. The molecule has 4 atom stereocenters. The largest absolute Gasteiger partial charge is 0.373 e. The van der Waals surface area contributed by atoms with Crippen molar-refractivity contribution in [3.05, 3.63) is 46.2 Å². The molecule has 2 aromatic rings. The average molecular weight is 379 g/mol. The number of amides is 1.